The molecule has 2 heterocycles. The van der Waals surface area contributed by atoms with E-state index in [0.29, 0.717) is 10.8 Å². The Labute approximate surface area is 101 Å². The highest BCUT2D eigenvalue weighted by Gasteiger charge is 2.40. The lowest BCUT2D eigenvalue weighted by Crippen LogP contribution is -2.29. The molecule has 0 saturated carbocycles. The summed E-state index contributed by atoms with van der Waals surface area (Å²) in [5, 5.41) is 0. The zero-order valence-corrected chi connectivity index (χ0v) is 10.0. The van der Waals surface area contributed by atoms with Gasteiger partial charge in [-0.05, 0) is 0 Å². The number of imidazole rings is 1. The van der Waals surface area contributed by atoms with Crippen LogP contribution in [0.15, 0.2) is 29.2 Å². The Bertz CT molecular complexity index is 404. The number of thioether (sulfide) groups is 1. The molecule has 80 valence electrons. The highest BCUT2D eigenvalue weighted by atomic mass is 35.5. The summed E-state index contributed by atoms with van der Waals surface area (Å²) >= 11 is 13.2. The number of nitrogens with zero attached hydrogens (tertiary/aromatic N) is 2. The van der Waals surface area contributed by atoms with Crippen LogP contribution in [0.3, 0.4) is 0 Å². The van der Waals surface area contributed by atoms with Gasteiger partial charge in [-0.1, -0.05) is 41.0 Å². The Kier molecular flexibility index (Phi) is 3.09. The fraction of sp³-hybridized carbons (Fsp3) is 0.333. The molecular formula is C9H8Cl2N2OS. The second-order valence-corrected chi connectivity index (χ2v) is 6.04. The SMILES string of the molecule is O=C(Cn1ccnc1)C1(Cl)CC=C(Cl)S1. The first-order valence-electron chi connectivity index (χ1n) is 4.33. The third-order valence-electron chi connectivity index (χ3n) is 2.09. The summed E-state index contributed by atoms with van der Waals surface area (Å²) in [6, 6.07) is 0. The minimum Gasteiger partial charge on any atom is -0.330 e. The molecule has 1 aromatic rings. The van der Waals surface area contributed by atoms with Crippen molar-refractivity contribution in [3.8, 4) is 0 Å². The maximum Gasteiger partial charge on any atom is 0.184 e. The van der Waals surface area contributed by atoms with Crippen molar-refractivity contribution in [1.29, 1.82) is 0 Å². The Morgan fingerprint density at radius 2 is 2.53 bits per heavy atom. The van der Waals surface area contributed by atoms with Crippen LogP contribution in [0.1, 0.15) is 6.42 Å². The minimum absolute atomic E-state index is 0.0564. The number of rotatable bonds is 3. The quantitative estimate of drug-likeness (QED) is 0.786. The summed E-state index contributed by atoms with van der Waals surface area (Å²) in [6.07, 6.45) is 7.19. The van der Waals surface area contributed by atoms with Crippen LogP contribution in [0.2, 0.25) is 0 Å². The summed E-state index contributed by atoms with van der Waals surface area (Å²) in [6.45, 7) is 0.231. The first-order chi connectivity index (χ1) is 7.10. The van der Waals surface area contributed by atoms with E-state index >= 15 is 0 Å². The number of alkyl halides is 1. The highest BCUT2D eigenvalue weighted by molar-refractivity contribution is 8.08. The Morgan fingerprint density at radius 3 is 3.07 bits per heavy atom. The van der Waals surface area contributed by atoms with Crippen LogP contribution in [-0.4, -0.2) is 19.5 Å². The standard InChI is InChI=1S/C9H8Cl2N2OS/c10-8-1-2-9(11,15-8)7(14)5-13-4-3-12-6-13/h1,3-4,6H,2,5H2. The zero-order valence-electron chi connectivity index (χ0n) is 7.69. The van der Waals surface area contributed by atoms with Crippen molar-refractivity contribution >= 4 is 40.7 Å². The van der Waals surface area contributed by atoms with Crippen molar-refractivity contribution in [2.45, 2.75) is 17.2 Å². The summed E-state index contributed by atoms with van der Waals surface area (Å²) in [4.78, 5) is 15.7. The topological polar surface area (TPSA) is 34.9 Å². The van der Waals surface area contributed by atoms with Gasteiger partial charge < -0.3 is 4.57 Å². The molecule has 0 N–H and O–H groups in total. The first kappa shape index (κ1) is 11.0. The lowest BCUT2D eigenvalue weighted by molar-refractivity contribution is -0.120. The summed E-state index contributed by atoms with van der Waals surface area (Å²) in [5.74, 6) is -0.0564. The number of Topliss-reactive ketones (excluding diaryl/α,β-unsaturated/α-hetero) is 1. The Morgan fingerprint density at radius 1 is 1.73 bits per heavy atom. The van der Waals surface area contributed by atoms with Gasteiger partial charge in [0.2, 0.25) is 0 Å². The van der Waals surface area contributed by atoms with E-state index in [1.54, 1.807) is 29.4 Å². The number of carbonyl (C=O) groups excluding carboxylic acids is 1. The monoisotopic (exact) mass is 262 g/mol. The maximum atomic E-state index is 11.9. The van der Waals surface area contributed by atoms with Crippen molar-refractivity contribution in [2.75, 3.05) is 0 Å². The van der Waals surface area contributed by atoms with Gasteiger partial charge in [0.25, 0.3) is 0 Å². The van der Waals surface area contributed by atoms with E-state index in [1.165, 1.54) is 11.8 Å². The van der Waals surface area contributed by atoms with E-state index < -0.39 is 4.21 Å². The van der Waals surface area contributed by atoms with E-state index in [4.69, 9.17) is 23.2 Å². The third kappa shape index (κ3) is 2.38. The van der Waals surface area contributed by atoms with Crippen LogP contribution in [0.5, 0.6) is 0 Å². The fourth-order valence-corrected chi connectivity index (χ4v) is 3.08. The molecule has 15 heavy (non-hydrogen) atoms. The van der Waals surface area contributed by atoms with Crippen molar-refractivity contribution < 1.29 is 4.79 Å². The summed E-state index contributed by atoms with van der Waals surface area (Å²) in [5.41, 5.74) is 0. The molecule has 0 aliphatic carbocycles. The van der Waals surface area contributed by atoms with E-state index in [1.807, 2.05) is 0 Å². The lowest BCUT2D eigenvalue weighted by Gasteiger charge is -2.18. The number of hydrogen-bond acceptors (Lipinski definition) is 3. The van der Waals surface area contributed by atoms with Gasteiger partial charge in [0.1, 0.15) is 0 Å². The molecule has 2 rings (SSSR count). The Balaban J connectivity index is 2.03. The van der Waals surface area contributed by atoms with Gasteiger partial charge in [-0.3, -0.25) is 4.79 Å². The van der Waals surface area contributed by atoms with E-state index in [9.17, 15) is 4.79 Å². The minimum atomic E-state index is -0.929. The number of allylic oxidation sites excluding steroid dienone is 1. The second kappa shape index (κ2) is 4.20. The summed E-state index contributed by atoms with van der Waals surface area (Å²) < 4.78 is 1.35. The van der Waals surface area contributed by atoms with E-state index in [-0.39, 0.29) is 12.3 Å². The number of aromatic nitrogens is 2. The van der Waals surface area contributed by atoms with Crippen LogP contribution in [0.25, 0.3) is 0 Å². The molecule has 0 saturated heterocycles. The van der Waals surface area contributed by atoms with Gasteiger partial charge in [-0.2, -0.15) is 0 Å². The predicted molar refractivity (Wildman–Crippen MR) is 62.0 cm³/mol. The second-order valence-electron chi connectivity index (χ2n) is 3.20. The zero-order chi connectivity index (χ0) is 10.9. The summed E-state index contributed by atoms with van der Waals surface area (Å²) in [7, 11) is 0. The number of ketones is 1. The normalized spacial score (nSPS) is 25.3. The predicted octanol–water partition coefficient (Wildman–Crippen LogP) is 2.60. The molecule has 3 nitrogen and oxygen atoms in total. The van der Waals surface area contributed by atoms with Crippen LogP contribution in [0, 0.1) is 0 Å². The largest absolute Gasteiger partial charge is 0.330 e. The maximum absolute atomic E-state index is 11.9. The van der Waals surface area contributed by atoms with Crippen molar-refractivity contribution in [1.82, 2.24) is 9.55 Å². The average Bonchev–Trinajstić information content (AvgIpc) is 2.77. The molecule has 0 fully saturated rings. The molecule has 0 radical (unpaired) electrons. The van der Waals surface area contributed by atoms with Crippen LogP contribution < -0.4 is 0 Å². The molecule has 1 unspecified atom stereocenters. The molecule has 0 spiro atoms. The van der Waals surface area contributed by atoms with Crippen LogP contribution in [-0.2, 0) is 11.3 Å². The van der Waals surface area contributed by atoms with E-state index in [0.717, 1.165) is 0 Å². The number of hydrogen-bond donors (Lipinski definition) is 0. The molecule has 1 aliphatic heterocycles. The number of halogens is 2. The molecule has 0 bridgehead atoms. The average molecular weight is 263 g/mol. The molecule has 0 aromatic carbocycles. The first-order valence-corrected chi connectivity index (χ1v) is 5.90. The molecule has 0 amide bonds. The molecule has 1 aromatic heterocycles. The van der Waals surface area contributed by atoms with Crippen molar-refractivity contribution in [2.24, 2.45) is 0 Å². The fourth-order valence-electron chi connectivity index (χ4n) is 1.28. The number of carbonyl (C=O) groups is 1. The third-order valence-corrected chi connectivity index (χ3v) is 4.15. The van der Waals surface area contributed by atoms with Crippen LogP contribution >= 0.6 is 35.0 Å². The van der Waals surface area contributed by atoms with Gasteiger partial charge in [-0.15, -0.1) is 0 Å². The smallest absolute Gasteiger partial charge is 0.184 e. The van der Waals surface area contributed by atoms with Crippen molar-refractivity contribution in [3.05, 3.63) is 29.2 Å². The molecule has 6 heteroatoms. The van der Waals surface area contributed by atoms with Crippen molar-refractivity contribution in [3.63, 3.8) is 0 Å². The molecular weight excluding hydrogens is 255 g/mol. The molecule has 1 aliphatic rings. The van der Waals surface area contributed by atoms with Gasteiger partial charge >= 0.3 is 0 Å². The highest BCUT2D eigenvalue weighted by Crippen LogP contribution is 2.47. The molecule has 1 atom stereocenters. The van der Waals surface area contributed by atoms with Gasteiger partial charge in [0, 0.05) is 18.8 Å². The van der Waals surface area contributed by atoms with E-state index in [2.05, 4.69) is 4.98 Å². The van der Waals surface area contributed by atoms with Gasteiger partial charge in [-0.25, -0.2) is 4.98 Å². The van der Waals surface area contributed by atoms with Gasteiger partial charge in [0.05, 0.1) is 17.2 Å². The Hall–Kier alpha value is -0.450. The van der Waals surface area contributed by atoms with Crippen LogP contribution in [0.4, 0.5) is 0 Å². The van der Waals surface area contributed by atoms with Gasteiger partial charge in [0.15, 0.2) is 9.99 Å². The lowest BCUT2D eigenvalue weighted by atomic mass is 10.2.